The maximum absolute atomic E-state index is 13.9. The van der Waals surface area contributed by atoms with Crippen LogP contribution in [-0.4, -0.2) is 6.54 Å². The van der Waals surface area contributed by atoms with E-state index in [1.807, 2.05) is 31.2 Å². The van der Waals surface area contributed by atoms with E-state index in [9.17, 15) is 4.39 Å². The average Bonchev–Trinajstić information content (AvgIpc) is 2.37. The third kappa shape index (κ3) is 3.55. The first-order valence-corrected chi connectivity index (χ1v) is 6.82. The molecule has 0 aromatic heterocycles. The minimum absolute atomic E-state index is 0.224. The summed E-state index contributed by atoms with van der Waals surface area (Å²) in [7, 11) is 0. The van der Waals surface area contributed by atoms with E-state index in [2.05, 4.69) is 15.9 Å². The average molecular weight is 324 g/mol. The fourth-order valence-corrected chi connectivity index (χ4v) is 2.09. The normalized spacial score (nSPS) is 10.5. The second-order valence-corrected chi connectivity index (χ2v) is 5.23. The van der Waals surface area contributed by atoms with Crippen LogP contribution in [0.2, 0.25) is 0 Å². The molecule has 19 heavy (non-hydrogen) atoms. The topological polar surface area (TPSA) is 35.2 Å². The van der Waals surface area contributed by atoms with Crippen LogP contribution in [0.15, 0.2) is 40.9 Å². The largest absolute Gasteiger partial charge is 0.454 e. The third-order valence-corrected chi connectivity index (χ3v) is 3.29. The lowest BCUT2D eigenvalue weighted by Crippen LogP contribution is -2.03. The molecule has 0 unspecified atom stereocenters. The standard InChI is InChI=1S/C15H15BrFNO/c1-10-2-4-12(16)9-15(10)19-14-5-3-11(6-7-18)8-13(14)17/h2-5,8-9H,6-7,18H2,1H3. The van der Waals surface area contributed by atoms with Gasteiger partial charge in [0.2, 0.25) is 0 Å². The first-order chi connectivity index (χ1) is 9.10. The van der Waals surface area contributed by atoms with Crippen molar-refractivity contribution in [3.05, 3.63) is 57.8 Å². The summed E-state index contributed by atoms with van der Waals surface area (Å²) in [5.74, 6) is 0.493. The van der Waals surface area contributed by atoms with Crippen molar-refractivity contribution in [1.82, 2.24) is 0 Å². The number of hydrogen-bond donors (Lipinski definition) is 1. The van der Waals surface area contributed by atoms with E-state index >= 15 is 0 Å². The van der Waals surface area contributed by atoms with E-state index in [4.69, 9.17) is 10.5 Å². The minimum atomic E-state index is -0.370. The van der Waals surface area contributed by atoms with Gasteiger partial charge in [0.25, 0.3) is 0 Å². The van der Waals surface area contributed by atoms with Crippen molar-refractivity contribution in [3.8, 4) is 11.5 Å². The molecule has 0 spiro atoms. The number of benzene rings is 2. The summed E-state index contributed by atoms with van der Waals surface area (Å²) in [5.41, 5.74) is 7.28. The molecule has 0 saturated heterocycles. The highest BCUT2D eigenvalue weighted by Crippen LogP contribution is 2.30. The Morgan fingerprint density at radius 2 is 1.95 bits per heavy atom. The van der Waals surface area contributed by atoms with Gasteiger partial charge >= 0.3 is 0 Å². The van der Waals surface area contributed by atoms with E-state index < -0.39 is 0 Å². The van der Waals surface area contributed by atoms with Crippen LogP contribution in [0.5, 0.6) is 11.5 Å². The summed E-state index contributed by atoms with van der Waals surface area (Å²) in [5, 5.41) is 0. The lowest BCUT2D eigenvalue weighted by molar-refractivity contribution is 0.439. The number of halogens is 2. The van der Waals surface area contributed by atoms with Gasteiger partial charge in [-0.15, -0.1) is 0 Å². The predicted molar refractivity (Wildman–Crippen MR) is 78.1 cm³/mol. The number of nitrogens with two attached hydrogens (primary N) is 1. The Morgan fingerprint density at radius 1 is 1.16 bits per heavy atom. The van der Waals surface area contributed by atoms with E-state index in [1.165, 1.54) is 6.07 Å². The van der Waals surface area contributed by atoms with Crippen LogP contribution in [0.1, 0.15) is 11.1 Å². The molecule has 0 aliphatic carbocycles. The van der Waals surface area contributed by atoms with Crippen molar-refractivity contribution in [2.45, 2.75) is 13.3 Å². The molecule has 2 aromatic carbocycles. The van der Waals surface area contributed by atoms with Crippen molar-refractivity contribution in [2.24, 2.45) is 5.73 Å². The number of ether oxygens (including phenoxy) is 1. The molecule has 0 radical (unpaired) electrons. The monoisotopic (exact) mass is 323 g/mol. The minimum Gasteiger partial charge on any atom is -0.454 e. The van der Waals surface area contributed by atoms with Crippen LogP contribution in [0.4, 0.5) is 4.39 Å². The molecule has 2 rings (SSSR count). The molecule has 0 bridgehead atoms. The fourth-order valence-electron chi connectivity index (χ4n) is 1.75. The summed E-state index contributed by atoms with van der Waals surface area (Å²) >= 11 is 3.37. The number of hydrogen-bond acceptors (Lipinski definition) is 2. The van der Waals surface area contributed by atoms with Gasteiger partial charge in [0.05, 0.1) is 0 Å². The summed E-state index contributed by atoms with van der Waals surface area (Å²) in [6.07, 6.45) is 0.660. The highest BCUT2D eigenvalue weighted by atomic mass is 79.9. The Kier molecular flexibility index (Phi) is 4.56. The van der Waals surface area contributed by atoms with Crippen LogP contribution in [0.25, 0.3) is 0 Å². The van der Waals surface area contributed by atoms with Gasteiger partial charge < -0.3 is 10.5 Å². The van der Waals surface area contributed by atoms with Gasteiger partial charge in [-0.05, 0) is 55.3 Å². The molecule has 0 heterocycles. The second kappa shape index (κ2) is 6.17. The van der Waals surface area contributed by atoms with Gasteiger partial charge in [-0.3, -0.25) is 0 Å². The molecule has 0 saturated carbocycles. The highest BCUT2D eigenvalue weighted by molar-refractivity contribution is 9.10. The van der Waals surface area contributed by atoms with E-state index in [1.54, 1.807) is 6.07 Å². The summed E-state index contributed by atoms with van der Waals surface area (Å²) in [6.45, 7) is 2.42. The SMILES string of the molecule is Cc1ccc(Br)cc1Oc1ccc(CCN)cc1F. The molecule has 100 valence electrons. The highest BCUT2D eigenvalue weighted by Gasteiger charge is 2.08. The maximum atomic E-state index is 13.9. The van der Waals surface area contributed by atoms with Gasteiger partial charge in [0, 0.05) is 4.47 Å². The van der Waals surface area contributed by atoms with Gasteiger partial charge in [-0.25, -0.2) is 4.39 Å². The molecule has 0 amide bonds. The molecule has 0 aliphatic heterocycles. The Hall–Kier alpha value is -1.39. The van der Waals surface area contributed by atoms with Crippen LogP contribution in [0.3, 0.4) is 0 Å². The van der Waals surface area contributed by atoms with Gasteiger partial charge in [-0.1, -0.05) is 28.1 Å². The van der Waals surface area contributed by atoms with Crippen molar-refractivity contribution in [3.63, 3.8) is 0 Å². The van der Waals surface area contributed by atoms with Gasteiger partial charge in [-0.2, -0.15) is 0 Å². The Bertz CT molecular complexity index is 586. The van der Waals surface area contributed by atoms with Crippen molar-refractivity contribution in [2.75, 3.05) is 6.54 Å². The fraction of sp³-hybridized carbons (Fsp3) is 0.200. The molecule has 4 heteroatoms. The first-order valence-electron chi connectivity index (χ1n) is 6.02. The molecule has 0 atom stereocenters. The Balaban J connectivity index is 2.25. The van der Waals surface area contributed by atoms with Crippen molar-refractivity contribution < 1.29 is 9.13 Å². The van der Waals surface area contributed by atoms with Gasteiger partial charge in [0.15, 0.2) is 11.6 Å². The molecule has 0 fully saturated rings. The van der Waals surface area contributed by atoms with E-state index in [-0.39, 0.29) is 11.6 Å². The lowest BCUT2D eigenvalue weighted by Gasteiger charge is -2.10. The van der Waals surface area contributed by atoms with E-state index in [0.29, 0.717) is 18.7 Å². The number of aryl methyl sites for hydroxylation is 1. The Labute approximate surface area is 120 Å². The molecule has 2 N–H and O–H groups in total. The molecular weight excluding hydrogens is 309 g/mol. The van der Waals surface area contributed by atoms with E-state index in [0.717, 1.165) is 15.6 Å². The van der Waals surface area contributed by atoms with Crippen molar-refractivity contribution in [1.29, 1.82) is 0 Å². The zero-order valence-electron chi connectivity index (χ0n) is 10.6. The smallest absolute Gasteiger partial charge is 0.165 e. The van der Waals surface area contributed by atoms with Crippen molar-refractivity contribution >= 4 is 15.9 Å². The predicted octanol–water partition coefficient (Wildman–Crippen LogP) is 4.19. The van der Waals surface area contributed by atoms with Gasteiger partial charge in [0.1, 0.15) is 5.75 Å². The number of rotatable bonds is 4. The molecular formula is C15H15BrFNO. The summed E-state index contributed by atoms with van der Waals surface area (Å²) in [4.78, 5) is 0. The zero-order valence-corrected chi connectivity index (χ0v) is 12.2. The molecule has 2 nitrogen and oxygen atoms in total. The Morgan fingerprint density at radius 3 is 2.63 bits per heavy atom. The van der Waals surface area contributed by atoms with Crippen LogP contribution < -0.4 is 10.5 Å². The molecule has 2 aromatic rings. The van der Waals surface area contributed by atoms with Crippen LogP contribution >= 0.6 is 15.9 Å². The first kappa shape index (κ1) is 14.0. The zero-order chi connectivity index (χ0) is 13.8. The third-order valence-electron chi connectivity index (χ3n) is 2.80. The summed E-state index contributed by atoms with van der Waals surface area (Å²) < 4.78 is 20.4. The molecule has 0 aliphatic rings. The maximum Gasteiger partial charge on any atom is 0.165 e. The van der Waals surface area contributed by atoms with Crippen LogP contribution in [0, 0.1) is 12.7 Å². The van der Waals surface area contributed by atoms with Crippen LogP contribution in [-0.2, 0) is 6.42 Å². The lowest BCUT2D eigenvalue weighted by atomic mass is 10.1. The summed E-state index contributed by atoms with van der Waals surface area (Å²) in [6, 6.07) is 10.6. The quantitative estimate of drug-likeness (QED) is 0.915. The second-order valence-electron chi connectivity index (χ2n) is 4.32.